The Balaban J connectivity index is 1.62. The summed E-state index contributed by atoms with van der Waals surface area (Å²) in [6.45, 7) is 14.4. The molecule has 1 unspecified atom stereocenters. The van der Waals surface area contributed by atoms with E-state index < -0.39 is 5.60 Å². The molecule has 188 valence electrons. The highest BCUT2D eigenvalue weighted by atomic mass is 16.5. The number of aliphatic hydroxyl groups is 3. The molecule has 0 aromatic rings. The molecule has 0 aliphatic heterocycles. The Morgan fingerprint density at radius 3 is 2.73 bits per heavy atom. The number of hydrogen-bond donors (Lipinski definition) is 3. The first-order valence-electron chi connectivity index (χ1n) is 13.2. The van der Waals surface area contributed by atoms with E-state index in [1.54, 1.807) is 5.57 Å². The third-order valence-corrected chi connectivity index (χ3v) is 8.82. The molecule has 0 heterocycles. The van der Waals surface area contributed by atoms with Crippen molar-refractivity contribution < 1.29 is 20.1 Å². The molecule has 6 atom stereocenters. The minimum Gasteiger partial charge on any atom is -0.396 e. The highest BCUT2D eigenvalue weighted by Gasteiger charge is 2.50. The van der Waals surface area contributed by atoms with E-state index in [2.05, 4.69) is 32.6 Å². The number of aliphatic hydroxyl groups excluding tert-OH is 2. The number of ether oxygens (including phenoxy) is 1. The third kappa shape index (κ3) is 6.60. The average molecular weight is 461 g/mol. The Hall–Kier alpha value is -0.940. The normalized spacial score (nSPS) is 36.4. The Morgan fingerprint density at radius 2 is 2.03 bits per heavy atom. The molecule has 3 rings (SSSR count). The molecule has 3 saturated carbocycles. The van der Waals surface area contributed by atoms with Crippen LogP contribution in [0.3, 0.4) is 0 Å². The van der Waals surface area contributed by atoms with Crippen LogP contribution in [0.1, 0.15) is 85.5 Å². The van der Waals surface area contributed by atoms with E-state index >= 15 is 0 Å². The fourth-order valence-corrected chi connectivity index (χ4v) is 6.98. The third-order valence-electron chi connectivity index (χ3n) is 8.82. The van der Waals surface area contributed by atoms with Gasteiger partial charge in [-0.1, -0.05) is 38.2 Å². The van der Waals surface area contributed by atoms with Crippen molar-refractivity contribution in [3.05, 3.63) is 35.5 Å². The smallest absolute Gasteiger partial charge is 0.0592 e. The van der Waals surface area contributed by atoms with Gasteiger partial charge in [0.05, 0.1) is 18.3 Å². The molecule has 0 aromatic carbocycles. The lowest BCUT2D eigenvalue weighted by Gasteiger charge is -2.44. The lowest BCUT2D eigenvalue weighted by molar-refractivity contribution is 0.0209. The molecular weight excluding hydrogens is 412 g/mol. The van der Waals surface area contributed by atoms with Crippen LogP contribution in [-0.2, 0) is 4.74 Å². The van der Waals surface area contributed by atoms with Gasteiger partial charge in [-0.2, -0.15) is 0 Å². The summed E-state index contributed by atoms with van der Waals surface area (Å²) < 4.78 is 6.04. The molecule has 0 radical (unpaired) electrons. The summed E-state index contributed by atoms with van der Waals surface area (Å²) in [4.78, 5) is 0. The Labute approximate surface area is 201 Å². The molecule has 33 heavy (non-hydrogen) atoms. The summed E-state index contributed by atoms with van der Waals surface area (Å²) in [5, 5.41) is 29.7. The molecule has 0 bridgehead atoms. The maximum Gasteiger partial charge on any atom is 0.0592 e. The van der Waals surface area contributed by atoms with E-state index in [-0.39, 0.29) is 18.6 Å². The van der Waals surface area contributed by atoms with E-state index in [4.69, 9.17) is 4.74 Å². The van der Waals surface area contributed by atoms with Gasteiger partial charge in [0.25, 0.3) is 0 Å². The molecule has 0 spiro atoms. The van der Waals surface area contributed by atoms with Gasteiger partial charge in [0.1, 0.15) is 0 Å². The van der Waals surface area contributed by atoms with Gasteiger partial charge in [0.15, 0.2) is 0 Å². The monoisotopic (exact) mass is 460 g/mol. The summed E-state index contributed by atoms with van der Waals surface area (Å²) in [7, 11) is 0. The second-order valence-corrected chi connectivity index (χ2v) is 12.0. The predicted octanol–water partition coefficient (Wildman–Crippen LogP) is 5.58. The van der Waals surface area contributed by atoms with Crippen molar-refractivity contribution in [2.75, 3.05) is 19.8 Å². The zero-order chi connectivity index (χ0) is 24.2. The van der Waals surface area contributed by atoms with E-state index in [1.807, 2.05) is 13.8 Å². The highest BCUT2D eigenvalue weighted by molar-refractivity contribution is 5.38. The second-order valence-electron chi connectivity index (χ2n) is 12.0. The zero-order valence-electron chi connectivity index (χ0n) is 21.5. The number of allylic oxidation sites excluding steroid dienone is 3. The molecule has 0 aromatic heterocycles. The van der Waals surface area contributed by atoms with Crippen LogP contribution in [0.4, 0.5) is 0 Å². The highest BCUT2D eigenvalue weighted by Crippen LogP contribution is 2.59. The molecule has 0 amide bonds. The summed E-state index contributed by atoms with van der Waals surface area (Å²) in [5.74, 6) is 1.83. The van der Waals surface area contributed by atoms with Gasteiger partial charge in [-0.25, -0.2) is 0 Å². The Bertz CT molecular complexity index is 730. The molecule has 3 fully saturated rings. The van der Waals surface area contributed by atoms with Gasteiger partial charge in [0.2, 0.25) is 0 Å². The number of hydrogen-bond acceptors (Lipinski definition) is 4. The van der Waals surface area contributed by atoms with Gasteiger partial charge in [-0.15, -0.1) is 0 Å². The molecule has 3 aliphatic rings. The van der Waals surface area contributed by atoms with Gasteiger partial charge < -0.3 is 20.1 Å². The van der Waals surface area contributed by atoms with Crippen LogP contribution < -0.4 is 0 Å². The molecule has 0 saturated heterocycles. The fraction of sp³-hybridized carbons (Fsp3) is 0.793. The summed E-state index contributed by atoms with van der Waals surface area (Å²) in [5.41, 5.74) is 3.38. The van der Waals surface area contributed by atoms with E-state index in [0.29, 0.717) is 36.0 Å². The second kappa shape index (κ2) is 11.2. The van der Waals surface area contributed by atoms with Gasteiger partial charge in [-0.05, 0) is 106 Å². The van der Waals surface area contributed by atoms with Crippen molar-refractivity contribution in [3.63, 3.8) is 0 Å². The van der Waals surface area contributed by atoms with E-state index in [0.717, 1.165) is 43.6 Å². The van der Waals surface area contributed by atoms with Crippen LogP contribution in [-0.4, -0.2) is 46.8 Å². The SMILES string of the molecule is C=C1/C(=C\C=C2/CCC[C@]3(C)C([C@@H](C)COCCCC(C)(C)O)CC[C@@H]23)C[C@H](O)C[C@H]1CO. The first-order valence-corrected chi connectivity index (χ1v) is 13.2. The van der Waals surface area contributed by atoms with Crippen molar-refractivity contribution >= 4 is 0 Å². The zero-order valence-corrected chi connectivity index (χ0v) is 21.5. The van der Waals surface area contributed by atoms with E-state index in [9.17, 15) is 15.3 Å². The standard InChI is InChI=1S/C29H48O4/c1-20(19-33-15-7-13-28(3,4)32)26-11-12-27-22(8-6-14-29(26,27)5)9-10-23-16-25(31)17-24(18-30)21(23)2/h9-10,20,24-27,30-32H,2,6-8,11-19H2,1,3-5H3/b22-9+,23-10-/t20-,24-,25-,26?,27-,29+/m0/s1. The predicted molar refractivity (Wildman–Crippen MR) is 135 cm³/mol. The molecule has 3 N–H and O–H groups in total. The van der Waals surface area contributed by atoms with Crippen LogP contribution in [0.15, 0.2) is 35.5 Å². The topological polar surface area (TPSA) is 69.9 Å². The van der Waals surface area contributed by atoms with E-state index in [1.165, 1.54) is 25.7 Å². The van der Waals surface area contributed by atoms with Crippen LogP contribution in [0.25, 0.3) is 0 Å². The average Bonchev–Trinajstić information content (AvgIpc) is 3.10. The maximum atomic E-state index is 10.2. The summed E-state index contributed by atoms with van der Waals surface area (Å²) >= 11 is 0. The van der Waals surface area contributed by atoms with Crippen molar-refractivity contribution in [2.24, 2.45) is 29.1 Å². The molecule has 4 heteroatoms. The van der Waals surface area contributed by atoms with Gasteiger partial charge in [-0.3, -0.25) is 0 Å². The van der Waals surface area contributed by atoms with Crippen LogP contribution >= 0.6 is 0 Å². The van der Waals surface area contributed by atoms with Crippen LogP contribution in [0.5, 0.6) is 0 Å². The van der Waals surface area contributed by atoms with Gasteiger partial charge in [0, 0.05) is 19.1 Å². The van der Waals surface area contributed by atoms with Crippen molar-refractivity contribution in [1.82, 2.24) is 0 Å². The van der Waals surface area contributed by atoms with Crippen molar-refractivity contribution in [2.45, 2.75) is 97.2 Å². The fourth-order valence-electron chi connectivity index (χ4n) is 6.98. The minimum atomic E-state index is -0.609. The van der Waals surface area contributed by atoms with Crippen molar-refractivity contribution in [3.8, 4) is 0 Å². The largest absolute Gasteiger partial charge is 0.396 e. The lowest BCUT2D eigenvalue weighted by atomic mass is 9.61. The first-order chi connectivity index (χ1) is 15.5. The quantitative estimate of drug-likeness (QED) is 0.393. The van der Waals surface area contributed by atoms with Crippen LogP contribution in [0, 0.1) is 29.1 Å². The number of fused-ring (bicyclic) bond motifs is 1. The first kappa shape index (κ1) is 26.7. The van der Waals surface area contributed by atoms with Gasteiger partial charge >= 0.3 is 0 Å². The molecule has 4 nitrogen and oxygen atoms in total. The Kier molecular flexibility index (Phi) is 9.05. The molecular formula is C29H48O4. The Morgan fingerprint density at radius 1 is 1.27 bits per heavy atom. The van der Waals surface area contributed by atoms with Crippen molar-refractivity contribution in [1.29, 1.82) is 0 Å². The summed E-state index contributed by atoms with van der Waals surface area (Å²) in [6, 6.07) is 0. The number of rotatable bonds is 9. The molecule has 3 aliphatic carbocycles. The summed E-state index contributed by atoms with van der Waals surface area (Å²) in [6.07, 6.45) is 13.3. The maximum absolute atomic E-state index is 10.2. The minimum absolute atomic E-state index is 0.0183. The van der Waals surface area contributed by atoms with Crippen LogP contribution in [0.2, 0.25) is 0 Å². The lowest BCUT2D eigenvalue weighted by Crippen LogP contribution is -2.37.